The second kappa shape index (κ2) is 8.69. The van der Waals surface area contributed by atoms with Gasteiger partial charge in [-0.25, -0.2) is 0 Å². The molecule has 2 aromatic carbocycles. The van der Waals surface area contributed by atoms with Crippen LogP contribution in [0.5, 0.6) is 23.0 Å². The highest BCUT2D eigenvalue weighted by Gasteiger charge is 2.21. The fourth-order valence-corrected chi connectivity index (χ4v) is 3.09. The third kappa shape index (κ3) is 4.57. The first-order chi connectivity index (χ1) is 13.5. The van der Waals surface area contributed by atoms with Gasteiger partial charge in [0.1, 0.15) is 29.1 Å². The Balaban J connectivity index is 1.78. The Hall–Kier alpha value is -3.15. The number of amides is 1. The molecule has 0 aromatic heterocycles. The molecular formula is C22H25NO5. The maximum Gasteiger partial charge on any atom is 0.248 e. The lowest BCUT2D eigenvalue weighted by molar-refractivity contribution is -0.111. The van der Waals surface area contributed by atoms with Gasteiger partial charge in [0.05, 0.1) is 20.8 Å². The maximum absolute atomic E-state index is 12.4. The Kier molecular flexibility index (Phi) is 6.09. The molecule has 148 valence electrons. The largest absolute Gasteiger partial charge is 0.497 e. The number of ether oxygens (including phenoxy) is 4. The van der Waals surface area contributed by atoms with Crippen molar-refractivity contribution in [2.24, 2.45) is 0 Å². The number of rotatable bonds is 7. The van der Waals surface area contributed by atoms with Crippen LogP contribution in [0.25, 0.3) is 6.08 Å². The minimum Gasteiger partial charge on any atom is -0.497 e. The van der Waals surface area contributed by atoms with Gasteiger partial charge in [-0.05, 0) is 32.1 Å². The number of nitrogens with one attached hydrogen (secondary N) is 1. The molecule has 1 aliphatic rings. The summed E-state index contributed by atoms with van der Waals surface area (Å²) in [4.78, 5) is 12.4. The van der Waals surface area contributed by atoms with Crippen molar-refractivity contribution in [2.45, 2.75) is 26.4 Å². The molecule has 28 heavy (non-hydrogen) atoms. The van der Waals surface area contributed by atoms with Crippen LogP contribution in [0.15, 0.2) is 36.4 Å². The topological polar surface area (TPSA) is 66.0 Å². The molecule has 0 unspecified atom stereocenters. The second-order valence-corrected chi connectivity index (χ2v) is 6.49. The zero-order valence-electron chi connectivity index (χ0n) is 16.6. The molecule has 0 saturated carbocycles. The van der Waals surface area contributed by atoms with E-state index in [0.717, 1.165) is 29.0 Å². The molecule has 0 aliphatic carbocycles. The summed E-state index contributed by atoms with van der Waals surface area (Å²) in [7, 11) is 3.12. The Morgan fingerprint density at radius 3 is 2.54 bits per heavy atom. The number of hydrogen-bond acceptors (Lipinski definition) is 5. The number of anilines is 1. The molecule has 1 amide bonds. The van der Waals surface area contributed by atoms with E-state index in [1.165, 1.54) is 6.08 Å². The number of methoxy groups -OCH3 is 2. The normalized spacial score (nSPS) is 15.1. The van der Waals surface area contributed by atoms with Crippen molar-refractivity contribution in [1.82, 2.24) is 0 Å². The average molecular weight is 383 g/mol. The first-order valence-corrected chi connectivity index (χ1v) is 9.21. The number of fused-ring (bicyclic) bond motifs is 1. The molecule has 0 saturated heterocycles. The summed E-state index contributed by atoms with van der Waals surface area (Å²) < 4.78 is 22.0. The summed E-state index contributed by atoms with van der Waals surface area (Å²) in [5.74, 6) is 2.51. The minimum atomic E-state index is -0.271. The van der Waals surface area contributed by atoms with Crippen molar-refractivity contribution >= 4 is 17.7 Å². The zero-order chi connectivity index (χ0) is 20.1. The quantitative estimate of drug-likeness (QED) is 0.730. The number of carbonyl (C=O) groups is 1. The third-order valence-corrected chi connectivity index (χ3v) is 4.36. The highest BCUT2D eigenvalue weighted by molar-refractivity contribution is 6.02. The van der Waals surface area contributed by atoms with E-state index in [2.05, 4.69) is 5.32 Å². The van der Waals surface area contributed by atoms with Crippen LogP contribution in [-0.4, -0.2) is 32.8 Å². The molecule has 1 N–H and O–H groups in total. The molecule has 1 atom stereocenters. The van der Waals surface area contributed by atoms with Gasteiger partial charge in [0.2, 0.25) is 5.91 Å². The van der Waals surface area contributed by atoms with Crippen LogP contribution in [0.2, 0.25) is 0 Å². The summed E-state index contributed by atoms with van der Waals surface area (Å²) in [6, 6.07) is 9.11. The Morgan fingerprint density at radius 2 is 1.89 bits per heavy atom. The van der Waals surface area contributed by atoms with Crippen LogP contribution in [0.3, 0.4) is 0 Å². The van der Waals surface area contributed by atoms with E-state index < -0.39 is 0 Å². The molecular weight excluding hydrogens is 358 g/mol. The standard InChI is InChI=1S/C22H25NO5/c1-5-27-20-10-16-8-14(2)28-21(16)9-15(20)6-7-22(24)23-17-11-18(25-3)13-19(12-17)26-4/h6-7,9-14H,5,8H2,1-4H3,(H,23,24)/b7-6+/t14-/m0/s1. The van der Waals surface area contributed by atoms with E-state index in [9.17, 15) is 4.79 Å². The maximum atomic E-state index is 12.4. The van der Waals surface area contributed by atoms with Crippen molar-refractivity contribution in [3.8, 4) is 23.0 Å². The summed E-state index contributed by atoms with van der Waals surface area (Å²) >= 11 is 0. The summed E-state index contributed by atoms with van der Waals surface area (Å²) in [6.07, 6.45) is 4.20. The molecule has 0 spiro atoms. The van der Waals surface area contributed by atoms with Gasteiger partial charge in [-0.15, -0.1) is 0 Å². The predicted molar refractivity (Wildman–Crippen MR) is 109 cm³/mol. The summed E-state index contributed by atoms with van der Waals surface area (Å²) in [6.45, 7) is 4.51. The lowest BCUT2D eigenvalue weighted by atomic mass is 10.1. The monoisotopic (exact) mass is 383 g/mol. The molecule has 2 aromatic rings. The second-order valence-electron chi connectivity index (χ2n) is 6.49. The highest BCUT2D eigenvalue weighted by Crippen LogP contribution is 2.35. The molecule has 6 heteroatoms. The number of carbonyl (C=O) groups excluding carboxylic acids is 1. The van der Waals surface area contributed by atoms with Crippen molar-refractivity contribution < 1.29 is 23.7 Å². The molecule has 6 nitrogen and oxygen atoms in total. The van der Waals surface area contributed by atoms with Gasteiger partial charge < -0.3 is 24.3 Å². The van der Waals surface area contributed by atoms with E-state index >= 15 is 0 Å². The van der Waals surface area contributed by atoms with Gasteiger partial charge in [-0.3, -0.25) is 4.79 Å². The molecule has 0 bridgehead atoms. The highest BCUT2D eigenvalue weighted by atomic mass is 16.5. The van der Waals surface area contributed by atoms with E-state index in [1.54, 1.807) is 38.5 Å². The summed E-state index contributed by atoms with van der Waals surface area (Å²) in [5.41, 5.74) is 2.51. The van der Waals surface area contributed by atoms with Gasteiger partial charge in [0.15, 0.2) is 0 Å². The first-order valence-electron chi connectivity index (χ1n) is 9.21. The summed E-state index contributed by atoms with van der Waals surface area (Å²) in [5, 5.41) is 2.81. The number of hydrogen-bond donors (Lipinski definition) is 1. The van der Waals surface area contributed by atoms with Gasteiger partial charge in [0.25, 0.3) is 0 Å². The van der Waals surface area contributed by atoms with Crippen molar-refractivity contribution in [1.29, 1.82) is 0 Å². The van der Waals surface area contributed by atoms with Crippen LogP contribution in [-0.2, 0) is 11.2 Å². The molecule has 0 fully saturated rings. The van der Waals surface area contributed by atoms with Crippen LogP contribution < -0.4 is 24.3 Å². The van der Waals surface area contributed by atoms with Crippen molar-refractivity contribution in [2.75, 3.05) is 26.1 Å². The van der Waals surface area contributed by atoms with E-state index in [0.29, 0.717) is 23.8 Å². The van der Waals surface area contributed by atoms with Crippen LogP contribution >= 0.6 is 0 Å². The average Bonchev–Trinajstić information content (AvgIpc) is 3.04. The molecule has 3 rings (SSSR count). The van der Waals surface area contributed by atoms with E-state index in [4.69, 9.17) is 18.9 Å². The SMILES string of the molecule is CCOc1cc2c(cc1/C=C/C(=O)Nc1cc(OC)cc(OC)c1)O[C@@H](C)C2. The Bertz CT molecular complexity index is 868. The smallest absolute Gasteiger partial charge is 0.248 e. The van der Waals surface area contributed by atoms with Gasteiger partial charge >= 0.3 is 0 Å². The minimum absolute atomic E-state index is 0.148. The van der Waals surface area contributed by atoms with Crippen molar-refractivity contribution in [3.05, 3.63) is 47.5 Å². The predicted octanol–water partition coefficient (Wildman–Crippen LogP) is 4.08. The molecule has 0 radical (unpaired) electrons. The lowest BCUT2D eigenvalue weighted by Crippen LogP contribution is -2.08. The van der Waals surface area contributed by atoms with Crippen LogP contribution in [0, 0.1) is 0 Å². The molecule has 1 aliphatic heterocycles. The van der Waals surface area contributed by atoms with E-state index in [1.807, 2.05) is 26.0 Å². The third-order valence-electron chi connectivity index (χ3n) is 4.36. The van der Waals surface area contributed by atoms with Gasteiger partial charge in [-0.2, -0.15) is 0 Å². The van der Waals surface area contributed by atoms with Gasteiger partial charge in [-0.1, -0.05) is 0 Å². The Morgan fingerprint density at radius 1 is 1.18 bits per heavy atom. The first kappa shape index (κ1) is 19.6. The molecule has 1 heterocycles. The Labute approximate surface area is 165 Å². The zero-order valence-corrected chi connectivity index (χ0v) is 16.6. The fraction of sp³-hybridized carbons (Fsp3) is 0.318. The van der Waals surface area contributed by atoms with Crippen molar-refractivity contribution in [3.63, 3.8) is 0 Å². The van der Waals surface area contributed by atoms with Gasteiger partial charge in [0, 0.05) is 47.5 Å². The van der Waals surface area contributed by atoms with Crippen LogP contribution in [0.1, 0.15) is 25.0 Å². The van der Waals surface area contributed by atoms with Crippen LogP contribution in [0.4, 0.5) is 5.69 Å². The lowest BCUT2D eigenvalue weighted by Gasteiger charge is -2.10. The number of benzene rings is 2. The van der Waals surface area contributed by atoms with E-state index in [-0.39, 0.29) is 12.0 Å². The fourth-order valence-electron chi connectivity index (χ4n) is 3.09.